The van der Waals surface area contributed by atoms with Crippen LogP contribution in [0.1, 0.15) is 73.6 Å². The summed E-state index contributed by atoms with van der Waals surface area (Å²) >= 11 is 0. The molecule has 10 atom stereocenters. The van der Waals surface area contributed by atoms with Crippen LogP contribution in [0.3, 0.4) is 0 Å². The van der Waals surface area contributed by atoms with E-state index in [1.54, 1.807) is 21.0 Å². The third kappa shape index (κ3) is 6.87. The molecule has 3 saturated heterocycles. The number of carbonyl (C=O) groups excluding carboxylic acids is 3. The summed E-state index contributed by atoms with van der Waals surface area (Å²) in [5.74, 6) is -1.77. The van der Waals surface area contributed by atoms with E-state index in [1.165, 1.54) is 0 Å². The Kier molecular flexibility index (Phi) is 9.87. The van der Waals surface area contributed by atoms with Crippen LogP contribution in [-0.2, 0) is 33.3 Å². The van der Waals surface area contributed by atoms with E-state index < -0.39 is 47.6 Å². The number of amides is 1. The average molecular weight is 541 g/mol. The number of ketones is 1. The number of esters is 1. The third-order valence-electron chi connectivity index (χ3n) is 8.81. The molecule has 3 fully saturated rings. The van der Waals surface area contributed by atoms with Gasteiger partial charge in [-0.2, -0.15) is 0 Å². The molecule has 0 aromatic heterocycles. The van der Waals surface area contributed by atoms with Gasteiger partial charge in [0.25, 0.3) is 0 Å². The number of alkyl carbamates (subject to hydrolysis) is 1. The molecular formula is C28H48N2O8. The molecule has 0 bridgehead atoms. The predicted molar refractivity (Wildman–Crippen MR) is 140 cm³/mol. The fourth-order valence-corrected chi connectivity index (χ4v) is 6.18. The summed E-state index contributed by atoms with van der Waals surface area (Å²) in [6.45, 7) is 11.1. The predicted octanol–water partition coefficient (Wildman–Crippen LogP) is 3.30. The molecule has 1 amide bonds. The highest BCUT2D eigenvalue weighted by atomic mass is 16.7. The molecule has 218 valence electrons. The highest BCUT2D eigenvalue weighted by Crippen LogP contribution is 2.37. The molecular weight excluding hydrogens is 492 g/mol. The Morgan fingerprint density at radius 1 is 1.00 bits per heavy atom. The number of carbonyl (C=O) groups is 3. The van der Waals surface area contributed by atoms with Gasteiger partial charge in [-0.25, -0.2) is 4.79 Å². The number of cyclic esters (lactones) is 1. The fourth-order valence-electron chi connectivity index (χ4n) is 6.18. The summed E-state index contributed by atoms with van der Waals surface area (Å²) in [5, 5.41) is 2.77. The van der Waals surface area contributed by atoms with Gasteiger partial charge in [-0.05, 0) is 60.5 Å². The van der Waals surface area contributed by atoms with Crippen molar-refractivity contribution in [3.63, 3.8) is 0 Å². The van der Waals surface area contributed by atoms with Gasteiger partial charge in [0.1, 0.15) is 12.4 Å². The molecule has 0 saturated carbocycles. The standard InChI is InChI=1S/C28H48N2O8/c1-16-10-11-21(37-22-13-20(30(7)8)12-18(3)36-22)27(5,34-9)14-17(2)23(31)19(4)24-28(6,15-35-25(16)32)38-26(33)29-24/h16-22,24H,10-15H2,1-9H3,(H,29,33)/t16-,17-,18-,19+,20?,21-,22+,24-,27-,28-/m1/s1. The SMILES string of the molecule is CO[C@]1(C)C[C@@H](C)C(=O)[C@H](C)[C@H]2NC(=O)O[C@]2(C)COC(=O)[C@H](C)CC[C@H]1O[C@H]1CC(N(C)C)C[C@@H](C)O1. The fraction of sp³-hybridized carbons (Fsp3) is 0.893. The lowest BCUT2D eigenvalue weighted by atomic mass is 9.77. The highest BCUT2D eigenvalue weighted by molar-refractivity contribution is 5.85. The number of methoxy groups -OCH3 is 1. The number of nitrogens with zero attached hydrogens (tertiary/aromatic N) is 1. The number of hydrogen-bond acceptors (Lipinski definition) is 9. The lowest BCUT2D eigenvalue weighted by Gasteiger charge is -2.43. The molecule has 0 aromatic rings. The van der Waals surface area contributed by atoms with E-state index in [4.69, 9.17) is 23.7 Å². The van der Waals surface area contributed by atoms with Crippen LogP contribution in [-0.4, -0.2) is 92.3 Å². The maximum atomic E-state index is 13.6. The summed E-state index contributed by atoms with van der Waals surface area (Å²) in [7, 11) is 5.75. The largest absolute Gasteiger partial charge is 0.461 e. The number of ether oxygens (including phenoxy) is 5. The maximum absolute atomic E-state index is 13.6. The van der Waals surface area contributed by atoms with Gasteiger partial charge < -0.3 is 33.9 Å². The number of hydrogen-bond donors (Lipinski definition) is 1. The maximum Gasteiger partial charge on any atom is 0.408 e. The van der Waals surface area contributed by atoms with Crippen molar-refractivity contribution >= 4 is 17.8 Å². The molecule has 1 unspecified atom stereocenters. The molecule has 0 aliphatic carbocycles. The summed E-state index contributed by atoms with van der Waals surface area (Å²) in [5.41, 5.74) is -1.96. The molecule has 1 N–H and O–H groups in total. The van der Waals surface area contributed by atoms with Gasteiger partial charge in [-0.15, -0.1) is 0 Å². The van der Waals surface area contributed by atoms with E-state index in [0.29, 0.717) is 25.3 Å². The molecule has 10 heteroatoms. The van der Waals surface area contributed by atoms with Crippen molar-refractivity contribution in [2.24, 2.45) is 17.8 Å². The molecule has 3 aliphatic rings. The van der Waals surface area contributed by atoms with Crippen LogP contribution >= 0.6 is 0 Å². The van der Waals surface area contributed by atoms with Gasteiger partial charge in [0.15, 0.2) is 11.9 Å². The smallest absolute Gasteiger partial charge is 0.408 e. The Morgan fingerprint density at radius 2 is 1.68 bits per heavy atom. The second-order valence-electron chi connectivity index (χ2n) is 12.3. The van der Waals surface area contributed by atoms with E-state index in [2.05, 4.69) is 31.2 Å². The van der Waals surface area contributed by atoms with E-state index >= 15 is 0 Å². The monoisotopic (exact) mass is 540 g/mol. The minimum absolute atomic E-state index is 0.0268. The Morgan fingerprint density at radius 3 is 2.32 bits per heavy atom. The average Bonchev–Trinajstić information content (AvgIpc) is 3.16. The van der Waals surface area contributed by atoms with Crippen LogP contribution in [0, 0.1) is 17.8 Å². The molecule has 0 aromatic carbocycles. The van der Waals surface area contributed by atoms with Crippen LogP contribution in [0.25, 0.3) is 0 Å². The van der Waals surface area contributed by atoms with Crippen molar-refractivity contribution in [3.8, 4) is 0 Å². The highest BCUT2D eigenvalue weighted by Gasteiger charge is 2.52. The second-order valence-corrected chi connectivity index (χ2v) is 12.3. The third-order valence-corrected chi connectivity index (χ3v) is 8.81. The summed E-state index contributed by atoms with van der Waals surface area (Å²) < 4.78 is 30.0. The van der Waals surface area contributed by atoms with Crippen LogP contribution < -0.4 is 5.32 Å². The quantitative estimate of drug-likeness (QED) is 0.537. The zero-order valence-corrected chi connectivity index (χ0v) is 24.6. The Labute approximate surface area is 227 Å². The number of fused-ring (bicyclic) bond motifs is 1. The molecule has 3 aliphatic heterocycles. The Bertz CT molecular complexity index is 868. The molecule has 0 radical (unpaired) electrons. The number of Topliss-reactive ketones (excluding diaryl/α,β-unsaturated/α-hetero) is 1. The van der Waals surface area contributed by atoms with E-state index in [0.717, 1.165) is 12.8 Å². The first-order valence-electron chi connectivity index (χ1n) is 13.9. The van der Waals surface area contributed by atoms with Crippen LogP contribution in [0.5, 0.6) is 0 Å². The normalized spacial score (nSPS) is 43.6. The first-order valence-corrected chi connectivity index (χ1v) is 13.9. The summed E-state index contributed by atoms with van der Waals surface area (Å²) in [6, 6.07) is -0.304. The number of nitrogens with one attached hydrogen (secondary N) is 1. The van der Waals surface area contributed by atoms with Crippen molar-refractivity contribution in [2.75, 3.05) is 27.8 Å². The van der Waals surface area contributed by atoms with E-state index in [1.807, 2.05) is 20.8 Å². The van der Waals surface area contributed by atoms with Gasteiger partial charge >= 0.3 is 12.1 Å². The molecule has 10 nitrogen and oxygen atoms in total. The van der Waals surface area contributed by atoms with Crippen LogP contribution in [0.15, 0.2) is 0 Å². The first kappa shape index (κ1) is 30.8. The Hall–Kier alpha value is -1.75. The lowest BCUT2D eigenvalue weighted by Crippen LogP contribution is -2.53. The zero-order valence-electron chi connectivity index (χ0n) is 24.6. The van der Waals surface area contributed by atoms with E-state index in [9.17, 15) is 14.4 Å². The topological polar surface area (TPSA) is 113 Å². The van der Waals surface area contributed by atoms with Crippen molar-refractivity contribution in [1.82, 2.24) is 10.2 Å². The van der Waals surface area contributed by atoms with Crippen LogP contribution in [0.4, 0.5) is 4.79 Å². The van der Waals surface area contributed by atoms with Crippen molar-refractivity contribution in [3.05, 3.63) is 0 Å². The summed E-state index contributed by atoms with van der Waals surface area (Å²) in [4.78, 5) is 40.9. The lowest BCUT2D eigenvalue weighted by molar-refractivity contribution is -0.256. The zero-order chi connectivity index (χ0) is 28.4. The van der Waals surface area contributed by atoms with Crippen molar-refractivity contribution < 1.29 is 38.1 Å². The molecule has 38 heavy (non-hydrogen) atoms. The molecule has 3 rings (SSSR count). The van der Waals surface area contributed by atoms with Crippen LogP contribution in [0.2, 0.25) is 0 Å². The first-order chi connectivity index (χ1) is 17.7. The molecule has 0 spiro atoms. The summed E-state index contributed by atoms with van der Waals surface area (Å²) in [6.07, 6.45) is 1.65. The van der Waals surface area contributed by atoms with Gasteiger partial charge in [0.05, 0.1) is 29.8 Å². The second kappa shape index (κ2) is 12.2. The van der Waals surface area contributed by atoms with Crippen molar-refractivity contribution in [2.45, 2.75) is 115 Å². The van der Waals surface area contributed by atoms with E-state index in [-0.39, 0.29) is 30.4 Å². The van der Waals surface area contributed by atoms with Crippen molar-refractivity contribution in [1.29, 1.82) is 0 Å². The van der Waals surface area contributed by atoms with Gasteiger partial charge in [0, 0.05) is 31.4 Å². The number of rotatable bonds is 4. The Balaban J connectivity index is 1.89. The minimum atomic E-state index is -1.14. The minimum Gasteiger partial charge on any atom is -0.461 e. The van der Waals surface area contributed by atoms with Gasteiger partial charge in [-0.1, -0.05) is 20.8 Å². The van der Waals surface area contributed by atoms with Gasteiger partial charge in [0.2, 0.25) is 0 Å². The molecule has 3 heterocycles. The van der Waals surface area contributed by atoms with Gasteiger partial charge in [-0.3, -0.25) is 9.59 Å².